The van der Waals surface area contributed by atoms with Gasteiger partial charge in [0.25, 0.3) is 5.91 Å². The van der Waals surface area contributed by atoms with Crippen molar-refractivity contribution in [3.8, 4) is 11.5 Å². The van der Waals surface area contributed by atoms with Gasteiger partial charge in [0.05, 0.1) is 26.5 Å². The van der Waals surface area contributed by atoms with Crippen LogP contribution in [0.4, 0.5) is 15.8 Å². The number of hydrogen-bond donors (Lipinski definition) is 0. The van der Waals surface area contributed by atoms with Crippen molar-refractivity contribution >= 4 is 86.1 Å². The fourth-order valence-corrected chi connectivity index (χ4v) is 6.35. The van der Waals surface area contributed by atoms with E-state index >= 15 is 0 Å². The molecule has 1 aliphatic heterocycles. The highest BCUT2D eigenvalue weighted by atomic mass is 127. The Kier molecular flexibility index (Phi) is 10.0. The van der Waals surface area contributed by atoms with Crippen LogP contribution in [0.25, 0.3) is 6.08 Å². The van der Waals surface area contributed by atoms with E-state index in [0.717, 1.165) is 25.8 Å². The third-order valence-corrected chi connectivity index (χ3v) is 9.11. The minimum absolute atomic E-state index is 0.230. The lowest BCUT2D eigenvalue weighted by molar-refractivity contribution is -0.113. The Balaban J connectivity index is 1.51. The number of hydrogen-bond acceptors (Lipinski definition) is 5. The summed E-state index contributed by atoms with van der Waals surface area (Å²) < 4.78 is 26.1. The van der Waals surface area contributed by atoms with Gasteiger partial charge < -0.3 is 9.47 Å². The normalized spacial score (nSPS) is 15.0. The monoisotopic (exact) mass is 746 g/mol. The Morgan fingerprint density at radius 2 is 1.65 bits per heavy atom. The minimum atomic E-state index is -0.301. The Bertz CT molecular complexity index is 1760. The standard InChI is InChI=1S/C33H26Cl2FIN2O3S/c1-4-41-29-14-22(13-28(37)31(29)42-18-21-7-9-23(36)10-8-21)15-30-32(40)39(25-12-6-20(3)27(35)17-25)33(43-30)38-24-11-5-19(2)26(34)16-24/h5-17H,4,18H2,1-3H3/b30-15+,38-33?. The molecule has 5 rings (SSSR count). The van der Waals surface area contributed by atoms with E-state index in [2.05, 4.69) is 22.6 Å². The SMILES string of the molecule is CCOc1cc(/C=C2/SC(=Nc3ccc(C)c(Cl)c3)N(c3ccc(C)c(Cl)c3)C2=O)cc(I)c1OCc1ccc(F)cc1. The van der Waals surface area contributed by atoms with Crippen LogP contribution in [-0.2, 0) is 11.4 Å². The van der Waals surface area contributed by atoms with Gasteiger partial charge in [-0.1, -0.05) is 47.5 Å². The summed E-state index contributed by atoms with van der Waals surface area (Å²) >= 11 is 16.3. The number of amides is 1. The van der Waals surface area contributed by atoms with E-state index in [1.54, 1.807) is 29.2 Å². The molecule has 0 spiro atoms. The molecular weight excluding hydrogens is 721 g/mol. The maximum atomic E-state index is 13.9. The topological polar surface area (TPSA) is 51.1 Å². The zero-order valence-corrected chi connectivity index (χ0v) is 27.9. The van der Waals surface area contributed by atoms with Crippen LogP contribution in [0, 0.1) is 23.2 Å². The van der Waals surface area contributed by atoms with Crippen LogP contribution in [-0.4, -0.2) is 17.7 Å². The molecule has 4 aromatic carbocycles. The maximum absolute atomic E-state index is 13.9. The van der Waals surface area contributed by atoms with E-state index in [1.165, 1.54) is 23.9 Å². The molecule has 1 saturated heterocycles. The van der Waals surface area contributed by atoms with Crippen LogP contribution in [0.15, 0.2) is 82.7 Å². The van der Waals surface area contributed by atoms with Gasteiger partial charge in [-0.25, -0.2) is 9.38 Å². The number of nitrogens with zero attached hydrogens (tertiary/aromatic N) is 2. The number of anilines is 1. The largest absolute Gasteiger partial charge is 0.490 e. The van der Waals surface area contributed by atoms with Crippen molar-refractivity contribution in [2.75, 3.05) is 11.5 Å². The Morgan fingerprint density at radius 3 is 2.33 bits per heavy atom. The molecule has 0 saturated carbocycles. The summed E-state index contributed by atoms with van der Waals surface area (Å²) in [6, 6.07) is 20.9. The number of aryl methyl sites for hydroxylation is 2. The highest BCUT2D eigenvalue weighted by molar-refractivity contribution is 14.1. The average Bonchev–Trinajstić information content (AvgIpc) is 3.26. The first kappa shape index (κ1) is 31.4. The second kappa shape index (κ2) is 13.7. The van der Waals surface area contributed by atoms with E-state index in [-0.39, 0.29) is 18.3 Å². The second-order valence-corrected chi connectivity index (χ2v) is 12.7. The molecule has 0 atom stereocenters. The first-order valence-corrected chi connectivity index (χ1v) is 16.0. The van der Waals surface area contributed by atoms with Gasteiger partial charge in [0.1, 0.15) is 12.4 Å². The first-order valence-electron chi connectivity index (χ1n) is 13.3. The smallest absolute Gasteiger partial charge is 0.271 e. The van der Waals surface area contributed by atoms with Crippen molar-refractivity contribution in [1.29, 1.82) is 0 Å². The van der Waals surface area contributed by atoms with Crippen LogP contribution in [0.3, 0.4) is 0 Å². The molecule has 10 heteroatoms. The van der Waals surface area contributed by atoms with Gasteiger partial charge in [-0.2, -0.15) is 0 Å². The highest BCUT2D eigenvalue weighted by Gasteiger charge is 2.35. The molecule has 0 radical (unpaired) electrons. The van der Waals surface area contributed by atoms with Crippen LogP contribution >= 0.6 is 57.6 Å². The molecule has 5 nitrogen and oxygen atoms in total. The molecule has 0 N–H and O–H groups in total. The molecule has 0 bridgehead atoms. The number of halogens is 4. The van der Waals surface area contributed by atoms with Crippen molar-refractivity contribution < 1.29 is 18.7 Å². The predicted molar refractivity (Wildman–Crippen MR) is 184 cm³/mol. The van der Waals surface area contributed by atoms with Gasteiger partial charge in [0.2, 0.25) is 0 Å². The number of benzene rings is 4. The number of amidine groups is 1. The van der Waals surface area contributed by atoms with E-state index in [4.69, 9.17) is 37.7 Å². The summed E-state index contributed by atoms with van der Waals surface area (Å²) in [6.07, 6.45) is 1.81. The fraction of sp³-hybridized carbons (Fsp3) is 0.152. The molecule has 1 aliphatic rings. The lowest BCUT2D eigenvalue weighted by atomic mass is 10.1. The van der Waals surface area contributed by atoms with Crippen LogP contribution in [0.2, 0.25) is 10.0 Å². The third-order valence-electron chi connectivity index (χ3n) is 6.53. The summed E-state index contributed by atoms with van der Waals surface area (Å²) in [4.78, 5) is 20.7. The maximum Gasteiger partial charge on any atom is 0.271 e. The van der Waals surface area contributed by atoms with Crippen molar-refractivity contribution in [3.63, 3.8) is 0 Å². The number of rotatable bonds is 8. The molecule has 1 fully saturated rings. The molecule has 0 aliphatic carbocycles. The summed E-state index contributed by atoms with van der Waals surface area (Å²) in [5.74, 6) is 0.592. The van der Waals surface area contributed by atoms with E-state index in [9.17, 15) is 9.18 Å². The summed E-state index contributed by atoms with van der Waals surface area (Å²) in [5, 5.41) is 1.63. The van der Waals surface area contributed by atoms with Gasteiger partial charge in [0, 0.05) is 10.0 Å². The average molecular weight is 747 g/mol. The van der Waals surface area contributed by atoms with E-state index in [1.807, 2.05) is 63.2 Å². The van der Waals surface area contributed by atoms with Crippen molar-refractivity contribution in [1.82, 2.24) is 0 Å². The van der Waals surface area contributed by atoms with Crippen molar-refractivity contribution in [2.45, 2.75) is 27.4 Å². The Morgan fingerprint density at radius 1 is 0.953 bits per heavy atom. The third kappa shape index (κ3) is 7.37. The quantitative estimate of drug-likeness (QED) is 0.133. The molecule has 0 unspecified atom stereocenters. The lowest BCUT2D eigenvalue weighted by Gasteiger charge is -2.17. The molecule has 43 heavy (non-hydrogen) atoms. The molecule has 4 aromatic rings. The molecule has 0 aromatic heterocycles. The van der Waals surface area contributed by atoms with E-state index < -0.39 is 0 Å². The van der Waals surface area contributed by atoms with Crippen molar-refractivity contribution in [3.05, 3.63) is 119 Å². The zero-order chi connectivity index (χ0) is 30.7. The number of carbonyl (C=O) groups excluding carboxylic acids is 1. The van der Waals surface area contributed by atoms with Crippen LogP contribution < -0.4 is 14.4 Å². The fourth-order valence-electron chi connectivity index (χ4n) is 4.22. The molecule has 220 valence electrons. The highest BCUT2D eigenvalue weighted by Crippen LogP contribution is 2.41. The Hall–Kier alpha value is -3.05. The van der Waals surface area contributed by atoms with Gasteiger partial charge >= 0.3 is 0 Å². The van der Waals surface area contributed by atoms with Gasteiger partial charge in [-0.3, -0.25) is 9.69 Å². The summed E-state index contributed by atoms with van der Waals surface area (Å²) in [7, 11) is 0. The zero-order valence-electron chi connectivity index (χ0n) is 23.5. The Labute approximate surface area is 277 Å². The van der Waals surface area contributed by atoms with Gasteiger partial charge in [-0.15, -0.1) is 0 Å². The number of ether oxygens (including phenoxy) is 2. The van der Waals surface area contributed by atoms with Crippen LogP contribution in [0.5, 0.6) is 11.5 Å². The number of aliphatic imine (C=N–C) groups is 1. The number of thioether (sulfide) groups is 1. The van der Waals surface area contributed by atoms with E-state index in [0.29, 0.717) is 49.6 Å². The second-order valence-electron chi connectivity index (χ2n) is 9.69. The van der Waals surface area contributed by atoms with Crippen molar-refractivity contribution in [2.24, 2.45) is 4.99 Å². The lowest BCUT2D eigenvalue weighted by Crippen LogP contribution is -2.28. The molecule has 1 amide bonds. The van der Waals surface area contributed by atoms with Gasteiger partial charge in [0.15, 0.2) is 16.7 Å². The minimum Gasteiger partial charge on any atom is -0.490 e. The molecular formula is C33H26Cl2FIN2O3S. The first-order chi connectivity index (χ1) is 20.6. The van der Waals surface area contributed by atoms with Gasteiger partial charge in [-0.05, 0) is 132 Å². The molecule has 1 heterocycles. The summed E-state index contributed by atoms with van der Waals surface area (Å²) in [6.45, 7) is 6.40. The summed E-state index contributed by atoms with van der Waals surface area (Å²) in [5.41, 5.74) is 4.68. The number of carbonyl (C=O) groups is 1. The predicted octanol–water partition coefficient (Wildman–Crippen LogP) is 10.1. The van der Waals surface area contributed by atoms with Crippen LogP contribution in [0.1, 0.15) is 29.2 Å².